The first-order valence-electron chi connectivity index (χ1n) is 16.0. The maximum Gasteiger partial charge on any atom is 0.332 e. The third-order valence-corrected chi connectivity index (χ3v) is 7.43. The molecule has 3 aromatic rings. The highest BCUT2D eigenvalue weighted by molar-refractivity contribution is 7.92. The summed E-state index contributed by atoms with van der Waals surface area (Å²) in [6, 6.07) is 8.43. The molecule has 1 heterocycles. The van der Waals surface area contributed by atoms with Gasteiger partial charge < -0.3 is 48.5 Å². The van der Waals surface area contributed by atoms with Gasteiger partial charge in [-0.1, -0.05) is 18.5 Å². The number of benzene rings is 2. The Morgan fingerprint density at radius 1 is 0.804 bits per heavy atom. The van der Waals surface area contributed by atoms with Crippen molar-refractivity contribution in [3.8, 4) is 17.2 Å². The molecule has 16 nitrogen and oxygen atoms in total. The molecule has 0 aliphatic heterocycles. The standard InChI is InChI=1S/C33H46ClN5O11S/c1-6-9-50-31(40)22-48-15-14-46-11-10-45-12-13-47-16-17-49-30-20-27(23(2)18-29(30)44-4)37-33-35-21-25(34)32(38-33)36-26-8-7-24(43-3)19-28(26)39-51(5,41)42/h7-8,18-21,39H,6,9-17,22H2,1-5H3,(H2,35,36,37,38). The summed E-state index contributed by atoms with van der Waals surface area (Å²) >= 11 is 6.40. The number of carbonyl (C=O) groups excluding carboxylic acids is 1. The lowest BCUT2D eigenvalue weighted by molar-refractivity contribution is -0.149. The van der Waals surface area contributed by atoms with E-state index < -0.39 is 10.0 Å². The van der Waals surface area contributed by atoms with Crippen LogP contribution in [-0.2, 0) is 38.5 Å². The van der Waals surface area contributed by atoms with Gasteiger partial charge in [0.15, 0.2) is 17.3 Å². The van der Waals surface area contributed by atoms with E-state index in [1.165, 1.54) is 19.4 Å². The van der Waals surface area contributed by atoms with Gasteiger partial charge in [0.2, 0.25) is 16.0 Å². The zero-order chi connectivity index (χ0) is 37.1. The Balaban J connectivity index is 1.46. The summed E-state index contributed by atoms with van der Waals surface area (Å²) in [5.41, 5.74) is 2.13. The topological polar surface area (TPSA) is 187 Å². The Morgan fingerprint density at radius 3 is 2.10 bits per heavy atom. The molecule has 0 saturated carbocycles. The molecule has 0 atom stereocenters. The number of aryl methyl sites for hydroxylation is 1. The Morgan fingerprint density at radius 2 is 1.47 bits per heavy atom. The zero-order valence-corrected chi connectivity index (χ0v) is 31.0. The molecule has 3 rings (SSSR count). The van der Waals surface area contributed by atoms with Crippen LogP contribution in [0.5, 0.6) is 17.2 Å². The van der Waals surface area contributed by atoms with Gasteiger partial charge in [-0.15, -0.1) is 0 Å². The number of hydrogen-bond acceptors (Lipinski definition) is 15. The van der Waals surface area contributed by atoms with Crippen LogP contribution in [0.3, 0.4) is 0 Å². The third kappa shape index (κ3) is 15.3. The zero-order valence-electron chi connectivity index (χ0n) is 29.4. The smallest absolute Gasteiger partial charge is 0.332 e. The number of rotatable bonds is 25. The highest BCUT2D eigenvalue weighted by Gasteiger charge is 2.15. The van der Waals surface area contributed by atoms with Gasteiger partial charge in [-0.05, 0) is 37.1 Å². The average molecular weight is 756 g/mol. The molecular formula is C33H46ClN5O11S. The first-order chi connectivity index (χ1) is 24.5. The van der Waals surface area contributed by atoms with Gasteiger partial charge in [0, 0.05) is 17.8 Å². The predicted molar refractivity (Wildman–Crippen MR) is 193 cm³/mol. The minimum Gasteiger partial charge on any atom is -0.497 e. The van der Waals surface area contributed by atoms with Gasteiger partial charge in [0.05, 0.1) is 90.9 Å². The van der Waals surface area contributed by atoms with E-state index in [4.69, 9.17) is 49.5 Å². The van der Waals surface area contributed by atoms with Crippen LogP contribution < -0.4 is 29.6 Å². The highest BCUT2D eigenvalue weighted by Crippen LogP contribution is 2.36. The van der Waals surface area contributed by atoms with Crippen molar-refractivity contribution in [2.45, 2.75) is 20.3 Å². The van der Waals surface area contributed by atoms with Gasteiger partial charge >= 0.3 is 5.97 Å². The Bertz CT molecular complexity index is 1650. The number of aromatic nitrogens is 2. The lowest BCUT2D eigenvalue weighted by Crippen LogP contribution is -2.16. The summed E-state index contributed by atoms with van der Waals surface area (Å²) in [4.78, 5) is 20.1. The fourth-order valence-electron chi connectivity index (χ4n) is 4.16. The van der Waals surface area contributed by atoms with Crippen LogP contribution in [0.4, 0.5) is 28.8 Å². The Hall–Kier alpha value is -4.13. The van der Waals surface area contributed by atoms with E-state index in [0.717, 1.165) is 18.2 Å². The van der Waals surface area contributed by atoms with Crippen molar-refractivity contribution in [2.75, 3.05) is 102 Å². The van der Waals surface area contributed by atoms with E-state index >= 15 is 0 Å². The maximum absolute atomic E-state index is 12.0. The van der Waals surface area contributed by atoms with Crippen LogP contribution in [0.25, 0.3) is 0 Å². The maximum atomic E-state index is 12.0. The SMILES string of the molecule is CCCOC(=O)COCCOCCOCCOCCOc1cc(Nc2ncc(Cl)c(Nc3ccc(OC)cc3NS(C)(=O)=O)n2)c(C)cc1OC. The van der Waals surface area contributed by atoms with Crippen molar-refractivity contribution < 1.29 is 51.1 Å². The number of nitrogens with zero attached hydrogens (tertiary/aromatic N) is 2. The number of halogens is 1. The van der Waals surface area contributed by atoms with E-state index in [-0.39, 0.29) is 41.7 Å². The van der Waals surface area contributed by atoms with Crippen molar-refractivity contribution in [3.05, 3.63) is 47.1 Å². The van der Waals surface area contributed by atoms with Crippen LogP contribution in [0.2, 0.25) is 5.02 Å². The quantitative estimate of drug-likeness (QED) is 0.0796. The lowest BCUT2D eigenvalue weighted by atomic mass is 10.1. The minimum atomic E-state index is -3.59. The van der Waals surface area contributed by atoms with Crippen molar-refractivity contribution in [1.82, 2.24) is 9.97 Å². The van der Waals surface area contributed by atoms with Crippen molar-refractivity contribution in [1.29, 1.82) is 0 Å². The molecular weight excluding hydrogens is 710 g/mol. The second-order valence-corrected chi connectivity index (χ2v) is 12.9. The molecule has 51 heavy (non-hydrogen) atoms. The van der Waals surface area contributed by atoms with Crippen LogP contribution in [0.1, 0.15) is 18.9 Å². The van der Waals surface area contributed by atoms with Crippen molar-refractivity contribution in [3.63, 3.8) is 0 Å². The van der Waals surface area contributed by atoms with E-state index in [0.29, 0.717) is 81.5 Å². The summed E-state index contributed by atoms with van der Waals surface area (Å²) in [7, 11) is -0.558. The summed E-state index contributed by atoms with van der Waals surface area (Å²) in [6.45, 7) is 6.87. The van der Waals surface area contributed by atoms with Gasteiger partial charge in [0.1, 0.15) is 24.0 Å². The number of methoxy groups -OCH3 is 2. The molecule has 0 saturated heterocycles. The van der Waals surface area contributed by atoms with E-state index in [2.05, 4.69) is 25.3 Å². The van der Waals surface area contributed by atoms with E-state index in [1.807, 2.05) is 19.9 Å². The number of carbonyl (C=O) groups is 1. The molecule has 1 aromatic heterocycles. The first kappa shape index (κ1) is 41.3. The number of esters is 1. The van der Waals surface area contributed by atoms with Crippen molar-refractivity contribution >= 4 is 56.4 Å². The first-order valence-corrected chi connectivity index (χ1v) is 18.3. The third-order valence-electron chi connectivity index (χ3n) is 6.56. The monoisotopic (exact) mass is 755 g/mol. The van der Waals surface area contributed by atoms with Crippen LogP contribution in [0, 0.1) is 6.92 Å². The number of ether oxygens (including phenoxy) is 8. The van der Waals surface area contributed by atoms with E-state index in [9.17, 15) is 13.2 Å². The molecule has 0 unspecified atom stereocenters. The summed E-state index contributed by atoms with van der Waals surface area (Å²) in [5, 5.41) is 6.45. The molecule has 282 valence electrons. The minimum absolute atomic E-state index is 0.0860. The molecule has 0 fully saturated rings. The molecule has 0 amide bonds. The fraction of sp³-hybridized carbons (Fsp3) is 0.485. The van der Waals surface area contributed by atoms with Crippen LogP contribution in [0.15, 0.2) is 36.5 Å². The summed E-state index contributed by atoms with van der Waals surface area (Å²) < 4.78 is 69.7. The van der Waals surface area contributed by atoms with Gasteiger partial charge in [0.25, 0.3) is 0 Å². The summed E-state index contributed by atoms with van der Waals surface area (Å²) in [6.07, 6.45) is 3.24. The summed E-state index contributed by atoms with van der Waals surface area (Å²) in [5.74, 6) is 1.55. The molecule has 3 N–H and O–H groups in total. The molecule has 0 aliphatic rings. The van der Waals surface area contributed by atoms with Gasteiger partial charge in [-0.25, -0.2) is 18.2 Å². The Labute approximate surface area is 303 Å². The Kier molecular flexibility index (Phi) is 17.8. The second kappa shape index (κ2) is 21.9. The molecule has 0 radical (unpaired) electrons. The fourth-order valence-corrected chi connectivity index (χ4v) is 4.87. The number of anilines is 5. The van der Waals surface area contributed by atoms with Crippen molar-refractivity contribution in [2.24, 2.45) is 0 Å². The molecule has 0 spiro atoms. The molecule has 0 bridgehead atoms. The van der Waals surface area contributed by atoms with E-state index in [1.54, 1.807) is 25.3 Å². The second-order valence-electron chi connectivity index (χ2n) is 10.7. The van der Waals surface area contributed by atoms with Gasteiger partial charge in [-0.3, -0.25) is 4.72 Å². The number of hydrogen-bond donors (Lipinski definition) is 3. The molecule has 2 aromatic carbocycles. The normalized spacial score (nSPS) is 11.2. The largest absolute Gasteiger partial charge is 0.497 e. The predicted octanol–water partition coefficient (Wildman–Crippen LogP) is 4.71. The number of nitrogens with one attached hydrogen (secondary N) is 3. The van der Waals surface area contributed by atoms with Crippen LogP contribution in [-0.4, -0.2) is 111 Å². The molecule has 0 aliphatic carbocycles. The number of sulfonamides is 1. The lowest BCUT2D eigenvalue weighted by Gasteiger charge is -2.17. The highest BCUT2D eigenvalue weighted by atomic mass is 35.5. The van der Waals surface area contributed by atoms with Gasteiger partial charge in [-0.2, -0.15) is 4.98 Å². The van der Waals surface area contributed by atoms with Crippen LogP contribution >= 0.6 is 11.6 Å². The molecule has 18 heteroatoms. The average Bonchev–Trinajstić information content (AvgIpc) is 3.09.